The summed E-state index contributed by atoms with van der Waals surface area (Å²) in [4.78, 5) is 12.1. The van der Waals surface area contributed by atoms with Crippen molar-refractivity contribution in [1.82, 2.24) is 4.90 Å². The Labute approximate surface area is 97.3 Å². The standard InChI is InChI=1S/C12H23NO3/c1-12(2,3)6-4-10(14)9-5-7-13(8-9)11(15)16/h9-10,14H,4-8H2,1-3H3,(H,15,16)/t9?,10-/m1/s1. The lowest BCUT2D eigenvalue weighted by Gasteiger charge is -2.23. The quantitative estimate of drug-likeness (QED) is 0.779. The SMILES string of the molecule is CC(C)(C)CC[C@@H](O)C1CCN(C(=O)O)C1. The average Bonchev–Trinajstić information content (AvgIpc) is 2.61. The predicted octanol–water partition coefficient (Wildman–Crippen LogP) is 2.17. The molecule has 0 aromatic carbocycles. The first kappa shape index (κ1) is 13.3. The number of amides is 1. The molecule has 1 fully saturated rings. The molecule has 1 unspecified atom stereocenters. The van der Waals surface area contributed by atoms with Crippen molar-refractivity contribution in [3.63, 3.8) is 0 Å². The van der Waals surface area contributed by atoms with E-state index in [0.717, 1.165) is 19.3 Å². The molecule has 1 aliphatic rings. The summed E-state index contributed by atoms with van der Waals surface area (Å²) in [5, 5.41) is 18.8. The van der Waals surface area contributed by atoms with E-state index in [9.17, 15) is 9.90 Å². The van der Waals surface area contributed by atoms with Crippen LogP contribution in [0, 0.1) is 11.3 Å². The van der Waals surface area contributed by atoms with Crippen molar-refractivity contribution < 1.29 is 15.0 Å². The molecule has 0 aliphatic carbocycles. The van der Waals surface area contributed by atoms with Gasteiger partial charge in [-0.05, 0) is 24.7 Å². The van der Waals surface area contributed by atoms with Gasteiger partial charge in [0.15, 0.2) is 0 Å². The predicted molar refractivity (Wildman–Crippen MR) is 62.4 cm³/mol. The van der Waals surface area contributed by atoms with Gasteiger partial charge in [-0.15, -0.1) is 0 Å². The Morgan fingerprint density at radius 1 is 1.50 bits per heavy atom. The first-order chi connectivity index (χ1) is 7.29. The van der Waals surface area contributed by atoms with E-state index in [1.165, 1.54) is 4.90 Å². The zero-order valence-corrected chi connectivity index (χ0v) is 10.4. The molecule has 1 rings (SSSR count). The van der Waals surface area contributed by atoms with Gasteiger partial charge in [0.1, 0.15) is 0 Å². The second-order valence-corrected chi connectivity index (χ2v) is 5.94. The van der Waals surface area contributed by atoms with Gasteiger partial charge in [-0.25, -0.2) is 4.79 Å². The molecule has 0 bridgehead atoms. The number of aliphatic hydroxyl groups excluding tert-OH is 1. The van der Waals surface area contributed by atoms with E-state index in [2.05, 4.69) is 20.8 Å². The third-order valence-corrected chi connectivity index (χ3v) is 3.23. The van der Waals surface area contributed by atoms with Gasteiger partial charge >= 0.3 is 6.09 Å². The molecule has 1 aliphatic heterocycles. The number of aliphatic hydroxyl groups is 1. The maximum atomic E-state index is 10.7. The van der Waals surface area contributed by atoms with Crippen LogP contribution in [0.3, 0.4) is 0 Å². The van der Waals surface area contributed by atoms with Gasteiger partial charge in [-0.1, -0.05) is 20.8 Å². The van der Waals surface area contributed by atoms with Crippen LogP contribution in [0.1, 0.15) is 40.0 Å². The molecule has 1 heterocycles. The molecule has 4 heteroatoms. The largest absolute Gasteiger partial charge is 0.465 e. The molecule has 0 saturated carbocycles. The molecule has 0 spiro atoms. The fourth-order valence-corrected chi connectivity index (χ4v) is 2.09. The molecule has 2 atom stereocenters. The van der Waals surface area contributed by atoms with Crippen LogP contribution in [-0.2, 0) is 0 Å². The van der Waals surface area contributed by atoms with Crippen LogP contribution in [0.15, 0.2) is 0 Å². The Kier molecular flexibility index (Phi) is 4.19. The van der Waals surface area contributed by atoms with Gasteiger partial charge in [0, 0.05) is 19.0 Å². The van der Waals surface area contributed by atoms with Gasteiger partial charge in [-0.3, -0.25) is 0 Å². The normalized spacial score (nSPS) is 23.5. The Hall–Kier alpha value is -0.770. The van der Waals surface area contributed by atoms with Gasteiger partial charge in [-0.2, -0.15) is 0 Å². The number of carbonyl (C=O) groups is 1. The molecule has 0 aromatic heterocycles. The van der Waals surface area contributed by atoms with Crippen LogP contribution in [0.25, 0.3) is 0 Å². The fourth-order valence-electron chi connectivity index (χ4n) is 2.09. The molecule has 1 amide bonds. The van der Waals surface area contributed by atoms with E-state index in [0.29, 0.717) is 13.1 Å². The summed E-state index contributed by atoms with van der Waals surface area (Å²) in [6, 6.07) is 0. The van der Waals surface area contributed by atoms with Crippen LogP contribution < -0.4 is 0 Å². The molecule has 0 radical (unpaired) electrons. The van der Waals surface area contributed by atoms with Crippen molar-refractivity contribution in [1.29, 1.82) is 0 Å². The maximum absolute atomic E-state index is 10.7. The number of nitrogens with zero attached hydrogens (tertiary/aromatic N) is 1. The van der Waals surface area contributed by atoms with E-state index in [4.69, 9.17) is 5.11 Å². The van der Waals surface area contributed by atoms with E-state index >= 15 is 0 Å². The van der Waals surface area contributed by atoms with Crippen molar-refractivity contribution in [3.05, 3.63) is 0 Å². The van der Waals surface area contributed by atoms with Crippen LogP contribution in [-0.4, -0.2) is 40.4 Å². The lowest BCUT2D eigenvalue weighted by Crippen LogP contribution is -2.30. The Balaban J connectivity index is 2.34. The van der Waals surface area contributed by atoms with Crippen LogP contribution >= 0.6 is 0 Å². The second kappa shape index (κ2) is 5.04. The van der Waals surface area contributed by atoms with Crippen molar-refractivity contribution in [3.8, 4) is 0 Å². The monoisotopic (exact) mass is 229 g/mol. The highest BCUT2D eigenvalue weighted by Gasteiger charge is 2.31. The molecule has 94 valence electrons. The van der Waals surface area contributed by atoms with Crippen LogP contribution in [0.2, 0.25) is 0 Å². The summed E-state index contributed by atoms with van der Waals surface area (Å²) >= 11 is 0. The highest BCUT2D eigenvalue weighted by atomic mass is 16.4. The third kappa shape index (κ3) is 4.00. The summed E-state index contributed by atoms with van der Waals surface area (Å²) in [6.07, 6.45) is 1.30. The number of carboxylic acid groups (broad SMARTS) is 1. The first-order valence-corrected chi connectivity index (χ1v) is 5.95. The maximum Gasteiger partial charge on any atom is 0.407 e. The van der Waals surface area contributed by atoms with Crippen LogP contribution in [0.4, 0.5) is 4.79 Å². The minimum atomic E-state index is -0.870. The molecule has 16 heavy (non-hydrogen) atoms. The molecule has 4 nitrogen and oxygen atoms in total. The zero-order chi connectivity index (χ0) is 12.3. The number of hydrogen-bond donors (Lipinski definition) is 2. The summed E-state index contributed by atoms with van der Waals surface area (Å²) in [6.45, 7) is 7.50. The minimum Gasteiger partial charge on any atom is -0.465 e. The van der Waals surface area contributed by atoms with Crippen molar-refractivity contribution in [2.45, 2.75) is 46.1 Å². The smallest absolute Gasteiger partial charge is 0.407 e. The highest BCUT2D eigenvalue weighted by molar-refractivity contribution is 5.65. The first-order valence-electron chi connectivity index (χ1n) is 5.95. The molecule has 0 aromatic rings. The zero-order valence-electron chi connectivity index (χ0n) is 10.4. The van der Waals surface area contributed by atoms with Gasteiger partial charge < -0.3 is 15.1 Å². The van der Waals surface area contributed by atoms with E-state index in [1.54, 1.807) is 0 Å². The minimum absolute atomic E-state index is 0.124. The van der Waals surface area contributed by atoms with E-state index < -0.39 is 6.09 Å². The average molecular weight is 229 g/mol. The topological polar surface area (TPSA) is 60.8 Å². The summed E-state index contributed by atoms with van der Waals surface area (Å²) in [7, 11) is 0. The Bertz CT molecular complexity index is 247. The van der Waals surface area contributed by atoms with Crippen molar-refractivity contribution in [2.75, 3.05) is 13.1 Å². The van der Waals surface area contributed by atoms with E-state index in [-0.39, 0.29) is 17.4 Å². The van der Waals surface area contributed by atoms with Crippen molar-refractivity contribution >= 4 is 6.09 Å². The number of rotatable bonds is 3. The number of likely N-dealkylation sites (tertiary alicyclic amines) is 1. The number of hydrogen-bond acceptors (Lipinski definition) is 2. The van der Waals surface area contributed by atoms with Gasteiger partial charge in [0.05, 0.1) is 6.10 Å². The third-order valence-electron chi connectivity index (χ3n) is 3.23. The molecule has 2 N–H and O–H groups in total. The van der Waals surface area contributed by atoms with Gasteiger partial charge in [0.2, 0.25) is 0 Å². The van der Waals surface area contributed by atoms with E-state index in [1.807, 2.05) is 0 Å². The molecule has 1 saturated heterocycles. The lowest BCUT2D eigenvalue weighted by molar-refractivity contribution is 0.0876. The molecular formula is C12H23NO3. The lowest BCUT2D eigenvalue weighted by atomic mass is 9.86. The fraction of sp³-hybridized carbons (Fsp3) is 0.917. The molecular weight excluding hydrogens is 206 g/mol. The van der Waals surface area contributed by atoms with Gasteiger partial charge in [0.25, 0.3) is 0 Å². The van der Waals surface area contributed by atoms with Crippen molar-refractivity contribution in [2.24, 2.45) is 11.3 Å². The highest BCUT2D eigenvalue weighted by Crippen LogP contribution is 2.27. The van der Waals surface area contributed by atoms with Crippen LogP contribution in [0.5, 0.6) is 0 Å². The Morgan fingerprint density at radius 2 is 2.12 bits per heavy atom. The summed E-state index contributed by atoms with van der Waals surface area (Å²) in [5.74, 6) is 0.124. The second-order valence-electron chi connectivity index (χ2n) is 5.94. The Morgan fingerprint density at radius 3 is 2.56 bits per heavy atom. The summed E-state index contributed by atoms with van der Waals surface area (Å²) < 4.78 is 0. The summed E-state index contributed by atoms with van der Waals surface area (Å²) in [5.41, 5.74) is 0.228.